The normalized spacial score (nSPS) is 24.2. The first kappa shape index (κ1) is 14.0. The van der Waals surface area contributed by atoms with Crippen molar-refractivity contribution in [2.75, 3.05) is 0 Å². The Balaban J connectivity index is 1.93. The van der Waals surface area contributed by atoms with Gasteiger partial charge in [-0.3, -0.25) is 0 Å². The van der Waals surface area contributed by atoms with Crippen LogP contribution in [0.4, 0.5) is 0 Å². The van der Waals surface area contributed by atoms with Crippen LogP contribution in [0.15, 0.2) is 37.1 Å². The topological polar surface area (TPSA) is 12.4 Å². The zero-order valence-corrected chi connectivity index (χ0v) is 15.7. The number of hydrogen-bond donors (Lipinski definition) is 0. The van der Waals surface area contributed by atoms with Crippen LogP contribution in [0.3, 0.4) is 0 Å². The van der Waals surface area contributed by atoms with Crippen LogP contribution >= 0.6 is 42.7 Å². The third-order valence-corrected chi connectivity index (χ3v) is 9.48. The van der Waals surface area contributed by atoms with E-state index in [0.717, 1.165) is 3.92 Å². The van der Waals surface area contributed by atoms with Crippen LogP contribution in [0.25, 0.3) is 0 Å². The van der Waals surface area contributed by atoms with Crippen molar-refractivity contribution in [1.82, 2.24) is 0 Å². The van der Waals surface area contributed by atoms with E-state index < -0.39 is 20.1 Å². The molecular formula is C16H19I2N. The number of benzene rings is 1. The average molecular weight is 479 g/mol. The molecule has 1 aliphatic heterocycles. The van der Waals surface area contributed by atoms with Gasteiger partial charge >= 0.3 is 138 Å². The van der Waals surface area contributed by atoms with Crippen molar-refractivity contribution in [3.8, 4) is 0 Å². The van der Waals surface area contributed by atoms with Crippen LogP contribution in [0.1, 0.15) is 44.6 Å². The Hall–Kier alpha value is 0.0900. The minimum atomic E-state index is -1.20. The van der Waals surface area contributed by atoms with E-state index in [9.17, 15) is 0 Å². The summed E-state index contributed by atoms with van der Waals surface area (Å²) in [5, 5.41) is 0. The molecule has 0 N–H and O–H groups in total. The summed E-state index contributed by atoms with van der Waals surface area (Å²) in [5.74, 6) is 0.616. The van der Waals surface area contributed by atoms with Gasteiger partial charge in [0.15, 0.2) is 0 Å². The van der Waals surface area contributed by atoms with Crippen LogP contribution in [0.2, 0.25) is 0 Å². The second-order valence-electron chi connectivity index (χ2n) is 5.43. The van der Waals surface area contributed by atoms with Crippen molar-refractivity contribution >= 4 is 48.4 Å². The van der Waals surface area contributed by atoms with Crippen LogP contribution in [-0.4, -0.2) is 9.64 Å². The van der Waals surface area contributed by atoms with Gasteiger partial charge in [-0.25, -0.2) is 0 Å². The first-order chi connectivity index (χ1) is 9.15. The second-order valence-corrected chi connectivity index (χ2v) is 12.1. The van der Waals surface area contributed by atoms with E-state index in [0.29, 0.717) is 5.92 Å². The number of allylic oxidation sites excluding steroid dienone is 1. The zero-order valence-electron chi connectivity index (χ0n) is 11.4. The SMILES string of the molecule is CC(C)I1C=C2C(=N1)CCCC2c1ccc(I)cc1. The Morgan fingerprint density at radius 3 is 2.68 bits per heavy atom. The van der Waals surface area contributed by atoms with Gasteiger partial charge in [-0.1, -0.05) is 0 Å². The fraction of sp³-hybridized carbons (Fsp3) is 0.438. The first-order valence-corrected chi connectivity index (χ1v) is 11.4. The maximum absolute atomic E-state index is 5.08. The monoisotopic (exact) mass is 479 g/mol. The fourth-order valence-electron chi connectivity index (χ4n) is 2.73. The summed E-state index contributed by atoms with van der Waals surface area (Å²) >= 11 is 1.18. The molecule has 1 aromatic rings. The number of fused-ring (bicyclic) bond motifs is 1. The van der Waals surface area contributed by atoms with Crippen LogP contribution < -0.4 is 0 Å². The van der Waals surface area contributed by atoms with Gasteiger partial charge in [0.2, 0.25) is 0 Å². The van der Waals surface area contributed by atoms with E-state index >= 15 is 0 Å². The second kappa shape index (κ2) is 5.84. The molecule has 0 bridgehead atoms. The maximum atomic E-state index is 5.08. The molecule has 1 aromatic carbocycles. The molecule has 0 spiro atoms. The fourth-order valence-corrected chi connectivity index (χ4v) is 7.18. The van der Waals surface area contributed by atoms with E-state index in [-0.39, 0.29) is 0 Å². The summed E-state index contributed by atoms with van der Waals surface area (Å²) in [7, 11) is 0. The molecule has 1 aliphatic carbocycles. The Kier molecular flexibility index (Phi) is 4.31. The molecule has 1 unspecified atom stereocenters. The van der Waals surface area contributed by atoms with Gasteiger partial charge in [-0.2, -0.15) is 0 Å². The summed E-state index contributed by atoms with van der Waals surface area (Å²) in [6.45, 7) is 4.67. The van der Waals surface area contributed by atoms with Crippen molar-refractivity contribution in [3.63, 3.8) is 0 Å². The molecule has 1 heterocycles. The molecule has 19 heavy (non-hydrogen) atoms. The van der Waals surface area contributed by atoms with E-state index in [2.05, 4.69) is 64.8 Å². The standard InChI is InChI=1S/C16H19I2N/c1-11(2)18-10-15-14(4-3-5-16(15)19-18)12-6-8-13(17)9-7-12/h6-11,14H,3-5H2,1-2H3. The van der Waals surface area contributed by atoms with Crippen molar-refractivity contribution in [1.29, 1.82) is 0 Å². The Morgan fingerprint density at radius 1 is 1.26 bits per heavy atom. The Bertz CT molecular complexity index is 528. The van der Waals surface area contributed by atoms with Gasteiger partial charge in [0.25, 0.3) is 0 Å². The molecule has 102 valence electrons. The van der Waals surface area contributed by atoms with E-state index in [1.807, 2.05) is 0 Å². The Labute approximate surface area is 136 Å². The van der Waals surface area contributed by atoms with Crippen molar-refractivity contribution in [2.45, 2.75) is 43.0 Å². The van der Waals surface area contributed by atoms with Crippen molar-refractivity contribution in [3.05, 3.63) is 43.1 Å². The summed E-state index contributed by atoms with van der Waals surface area (Å²) in [6, 6.07) is 9.08. The van der Waals surface area contributed by atoms with Gasteiger partial charge in [0.05, 0.1) is 0 Å². The van der Waals surface area contributed by atoms with Crippen LogP contribution in [0, 0.1) is 3.57 Å². The molecule has 0 amide bonds. The molecule has 1 nitrogen and oxygen atoms in total. The molecule has 0 radical (unpaired) electrons. The molecule has 3 rings (SSSR count). The van der Waals surface area contributed by atoms with Crippen molar-refractivity contribution < 1.29 is 0 Å². The first-order valence-electron chi connectivity index (χ1n) is 6.87. The summed E-state index contributed by atoms with van der Waals surface area (Å²) < 4.78 is 9.76. The summed E-state index contributed by atoms with van der Waals surface area (Å²) in [5.41, 5.74) is 4.53. The predicted molar refractivity (Wildman–Crippen MR) is 100 cm³/mol. The summed E-state index contributed by atoms with van der Waals surface area (Å²) in [4.78, 5) is 0. The van der Waals surface area contributed by atoms with Gasteiger partial charge in [-0.15, -0.1) is 0 Å². The zero-order chi connectivity index (χ0) is 13.4. The molecule has 0 aromatic heterocycles. The van der Waals surface area contributed by atoms with Gasteiger partial charge in [-0.05, 0) is 0 Å². The molecule has 1 fully saturated rings. The van der Waals surface area contributed by atoms with Gasteiger partial charge < -0.3 is 0 Å². The molecular weight excluding hydrogens is 460 g/mol. The van der Waals surface area contributed by atoms with Crippen LogP contribution in [-0.2, 0) is 0 Å². The number of rotatable bonds is 2. The quantitative estimate of drug-likeness (QED) is 0.380. The molecule has 1 atom stereocenters. The van der Waals surface area contributed by atoms with E-state index in [1.54, 1.807) is 5.57 Å². The van der Waals surface area contributed by atoms with Crippen LogP contribution in [0.5, 0.6) is 0 Å². The molecule has 1 saturated carbocycles. The van der Waals surface area contributed by atoms with Gasteiger partial charge in [0, 0.05) is 0 Å². The summed E-state index contributed by atoms with van der Waals surface area (Å²) in [6.07, 6.45) is 3.82. The predicted octanol–water partition coefficient (Wildman–Crippen LogP) is 5.73. The number of alkyl halides is 1. The van der Waals surface area contributed by atoms with Gasteiger partial charge in [0.1, 0.15) is 0 Å². The number of nitrogens with zero attached hydrogens (tertiary/aromatic N) is 1. The molecule has 3 heteroatoms. The van der Waals surface area contributed by atoms with E-state index in [4.69, 9.17) is 3.21 Å². The molecule has 2 aliphatic rings. The Morgan fingerprint density at radius 2 is 2.00 bits per heavy atom. The third-order valence-electron chi connectivity index (χ3n) is 3.76. The van der Waals surface area contributed by atoms with Crippen molar-refractivity contribution in [2.24, 2.45) is 3.21 Å². The number of hydrogen-bond acceptors (Lipinski definition) is 1. The average Bonchev–Trinajstić information content (AvgIpc) is 2.83. The third kappa shape index (κ3) is 2.91. The minimum absolute atomic E-state index is 0.616. The number of halogens is 2. The molecule has 0 saturated heterocycles. The van der Waals surface area contributed by atoms with E-state index in [1.165, 1.54) is 34.1 Å².